The average molecular weight is 362 g/mol. The number of azide groups is 1. The zero-order valence-electron chi connectivity index (χ0n) is 13.0. The molecule has 0 aliphatic carbocycles. The largest absolute Gasteiger partial charge is 0.371 e. The fourth-order valence-electron chi connectivity index (χ4n) is 3.19. The van der Waals surface area contributed by atoms with Crippen LogP contribution in [0.25, 0.3) is 10.4 Å². The Bertz CT molecular complexity index is 738. The fourth-order valence-corrected chi connectivity index (χ4v) is 3.49. The highest BCUT2D eigenvalue weighted by molar-refractivity contribution is 6.42. The Morgan fingerprint density at radius 3 is 2.62 bits per heavy atom. The molecule has 1 fully saturated rings. The van der Waals surface area contributed by atoms with E-state index in [0.29, 0.717) is 16.0 Å². The molecule has 0 spiro atoms. The second-order valence-electron chi connectivity index (χ2n) is 5.86. The summed E-state index contributed by atoms with van der Waals surface area (Å²) in [5.74, 6) is 0.309. The molecule has 0 amide bonds. The zero-order chi connectivity index (χ0) is 16.9. The SMILES string of the molecule is [N-]=[N+]=NC(c1cccnc1)C1CCN(c2ccc(Cl)c(Cl)c2)CC1. The van der Waals surface area contributed by atoms with Crippen LogP contribution >= 0.6 is 23.2 Å². The highest BCUT2D eigenvalue weighted by Gasteiger charge is 2.27. The monoisotopic (exact) mass is 361 g/mol. The first kappa shape index (κ1) is 16.9. The molecule has 3 rings (SSSR count). The topological polar surface area (TPSA) is 64.9 Å². The van der Waals surface area contributed by atoms with E-state index in [1.807, 2.05) is 30.3 Å². The lowest BCUT2D eigenvalue weighted by molar-refractivity contribution is 0.344. The number of anilines is 1. The molecule has 0 N–H and O–H groups in total. The molecule has 1 atom stereocenters. The summed E-state index contributed by atoms with van der Waals surface area (Å²) in [5.41, 5.74) is 11.0. The third kappa shape index (κ3) is 3.75. The lowest BCUT2D eigenvalue weighted by Crippen LogP contribution is -2.35. The molecular formula is C17H17Cl2N5. The lowest BCUT2D eigenvalue weighted by Gasteiger charge is -2.36. The molecule has 0 radical (unpaired) electrons. The number of hydrogen-bond donors (Lipinski definition) is 0. The highest BCUT2D eigenvalue weighted by Crippen LogP contribution is 2.36. The number of hydrogen-bond acceptors (Lipinski definition) is 3. The Morgan fingerprint density at radius 2 is 2.00 bits per heavy atom. The van der Waals surface area contributed by atoms with Gasteiger partial charge in [0.1, 0.15) is 0 Å². The number of piperidine rings is 1. The van der Waals surface area contributed by atoms with E-state index in [4.69, 9.17) is 28.7 Å². The van der Waals surface area contributed by atoms with Gasteiger partial charge in [0.25, 0.3) is 0 Å². The van der Waals surface area contributed by atoms with Crippen molar-refractivity contribution in [1.29, 1.82) is 0 Å². The molecule has 0 bridgehead atoms. The summed E-state index contributed by atoms with van der Waals surface area (Å²) in [4.78, 5) is 9.47. The lowest BCUT2D eigenvalue weighted by atomic mass is 9.86. The van der Waals surface area contributed by atoms with Gasteiger partial charge >= 0.3 is 0 Å². The standard InChI is InChI=1S/C17H17Cl2N5/c18-15-4-3-14(10-16(15)19)24-8-5-12(6-9-24)17(22-23-20)13-2-1-7-21-11-13/h1-4,7,10-12,17H,5-6,8-9H2. The zero-order valence-corrected chi connectivity index (χ0v) is 14.5. The van der Waals surface area contributed by atoms with E-state index in [9.17, 15) is 0 Å². The van der Waals surface area contributed by atoms with Gasteiger partial charge in [-0.25, -0.2) is 0 Å². The molecule has 5 nitrogen and oxygen atoms in total. The third-order valence-electron chi connectivity index (χ3n) is 4.46. The van der Waals surface area contributed by atoms with Crippen LogP contribution in [0.4, 0.5) is 5.69 Å². The average Bonchev–Trinajstić information content (AvgIpc) is 2.63. The quantitative estimate of drug-likeness (QED) is 0.400. The van der Waals surface area contributed by atoms with Gasteiger partial charge in [-0.2, -0.15) is 0 Å². The minimum Gasteiger partial charge on any atom is -0.371 e. The first-order chi connectivity index (χ1) is 11.7. The summed E-state index contributed by atoms with van der Waals surface area (Å²) >= 11 is 12.1. The van der Waals surface area contributed by atoms with Crippen LogP contribution in [0.5, 0.6) is 0 Å². The van der Waals surface area contributed by atoms with Gasteiger partial charge in [-0.3, -0.25) is 4.98 Å². The predicted molar refractivity (Wildman–Crippen MR) is 97.5 cm³/mol. The molecule has 1 unspecified atom stereocenters. The Labute approximate surface area is 150 Å². The van der Waals surface area contributed by atoms with Crippen molar-refractivity contribution in [1.82, 2.24) is 4.98 Å². The van der Waals surface area contributed by atoms with Crippen molar-refractivity contribution in [3.63, 3.8) is 0 Å². The fraction of sp³-hybridized carbons (Fsp3) is 0.353. The number of halogens is 2. The van der Waals surface area contributed by atoms with Crippen molar-refractivity contribution < 1.29 is 0 Å². The summed E-state index contributed by atoms with van der Waals surface area (Å²) < 4.78 is 0. The molecular weight excluding hydrogens is 345 g/mol. The van der Waals surface area contributed by atoms with E-state index >= 15 is 0 Å². The Kier molecular flexibility index (Phi) is 5.46. The van der Waals surface area contributed by atoms with Crippen molar-refractivity contribution in [3.05, 3.63) is 68.8 Å². The van der Waals surface area contributed by atoms with Gasteiger partial charge in [0.2, 0.25) is 0 Å². The van der Waals surface area contributed by atoms with E-state index in [2.05, 4.69) is 19.9 Å². The van der Waals surface area contributed by atoms with Gasteiger partial charge in [-0.1, -0.05) is 34.4 Å². The van der Waals surface area contributed by atoms with Gasteiger partial charge in [0.05, 0.1) is 16.1 Å². The van der Waals surface area contributed by atoms with E-state index in [1.54, 1.807) is 12.4 Å². The number of nitrogens with zero attached hydrogens (tertiary/aromatic N) is 5. The number of rotatable bonds is 4. The van der Waals surface area contributed by atoms with Crippen LogP contribution in [-0.2, 0) is 0 Å². The third-order valence-corrected chi connectivity index (χ3v) is 5.20. The summed E-state index contributed by atoms with van der Waals surface area (Å²) in [7, 11) is 0. The van der Waals surface area contributed by atoms with Gasteiger partial charge in [0.15, 0.2) is 0 Å². The summed E-state index contributed by atoms with van der Waals surface area (Å²) in [6, 6.07) is 9.39. The normalized spacial score (nSPS) is 16.5. The molecule has 24 heavy (non-hydrogen) atoms. The van der Waals surface area contributed by atoms with Crippen LogP contribution in [-0.4, -0.2) is 18.1 Å². The maximum atomic E-state index is 8.92. The Balaban J connectivity index is 1.71. The minimum absolute atomic E-state index is 0.167. The summed E-state index contributed by atoms with van der Waals surface area (Å²) in [6.45, 7) is 1.78. The summed E-state index contributed by atoms with van der Waals surface area (Å²) in [6.07, 6.45) is 5.39. The van der Waals surface area contributed by atoms with Crippen LogP contribution in [0.15, 0.2) is 47.8 Å². The number of aromatic nitrogens is 1. The van der Waals surface area contributed by atoms with Crippen LogP contribution in [0.2, 0.25) is 10.0 Å². The molecule has 1 saturated heterocycles. The molecule has 2 aromatic rings. The van der Waals surface area contributed by atoms with E-state index < -0.39 is 0 Å². The van der Waals surface area contributed by atoms with Crippen LogP contribution < -0.4 is 4.90 Å². The predicted octanol–water partition coefficient (Wildman–Crippen LogP) is 5.66. The van der Waals surface area contributed by atoms with E-state index in [1.165, 1.54) is 0 Å². The molecule has 1 aromatic carbocycles. The molecule has 2 heterocycles. The van der Waals surface area contributed by atoms with E-state index in [0.717, 1.165) is 37.2 Å². The van der Waals surface area contributed by atoms with Crippen molar-refractivity contribution in [2.45, 2.75) is 18.9 Å². The second-order valence-corrected chi connectivity index (χ2v) is 6.67. The van der Waals surface area contributed by atoms with Crippen molar-refractivity contribution >= 4 is 28.9 Å². The van der Waals surface area contributed by atoms with E-state index in [-0.39, 0.29) is 6.04 Å². The maximum absolute atomic E-state index is 8.92. The number of benzene rings is 1. The van der Waals surface area contributed by atoms with Crippen LogP contribution in [0, 0.1) is 5.92 Å². The second kappa shape index (κ2) is 7.75. The smallest absolute Gasteiger partial charge is 0.0669 e. The van der Waals surface area contributed by atoms with Crippen LogP contribution in [0.3, 0.4) is 0 Å². The molecule has 1 aliphatic rings. The highest BCUT2D eigenvalue weighted by atomic mass is 35.5. The maximum Gasteiger partial charge on any atom is 0.0669 e. The van der Waals surface area contributed by atoms with Gasteiger partial charge in [0, 0.05) is 36.1 Å². The van der Waals surface area contributed by atoms with Crippen molar-refractivity contribution in [2.24, 2.45) is 11.0 Å². The van der Waals surface area contributed by atoms with Crippen molar-refractivity contribution in [2.75, 3.05) is 18.0 Å². The number of pyridine rings is 1. The molecule has 1 aliphatic heterocycles. The Morgan fingerprint density at radius 1 is 1.21 bits per heavy atom. The van der Waals surface area contributed by atoms with Crippen LogP contribution in [0.1, 0.15) is 24.4 Å². The minimum atomic E-state index is -0.167. The first-order valence-electron chi connectivity index (χ1n) is 7.83. The molecule has 7 heteroatoms. The van der Waals surface area contributed by atoms with Crippen molar-refractivity contribution in [3.8, 4) is 0 Å². The van der Waals surface area contributed by atoms with Gasteiger partial charge in [-0.05, 0) is 54.1 Å². The molecule has 124 valence electrons. The summed E-state index contributed by atoms with van der Waals surface area (Å²) in [5, 5.41) is 5.16. The molecule has 1 aromatic heterocycles. The van der Waals surface area contributed by atoms with Gasteiger partial charge < -0.3 is 4.90 Å². The van der Waals surface area contributed by atoms with Gasteiger partial charge in [-0.15, -0.1) is 0 Å². The first-order valence-corrected chi connectivity index (χ1v) is 8.59. The Hall–Kier alpha value is -1.94. The molecule has 0 saturated carbocycles.